The van der Waals surface area contributed by atoms with E-state index in [-0.39, 0.29) is 5.91 Å². The molecule has 0 aromatic heterocycles. The maximum Gasteiger partial charge on any atom is 0.226 e. The largest absolute Gasteiger partial charge is 0.493 e. The van der Waals surface area contributed by atoms with Crippen molar-refractivity contribution in [2.24, 2.45) is 0 Å². The maximum atomic E-state index is 12.6. The number of amides is 1. The number of hydrogen-bond donors (Lipinski definition) is 0. The molecule has 1 saturated heterocycles. The Balaban J connectivity index is 1.87. The molecule has 2 aromatic carbocycles. The number of morpholine rings is 1. The first-order valence-corrected chi connectivity index (χ1v) is 10.2. The zero-order valence-corrected chi connectivity index (χ0v) is 18.0. The third kappa shape index (κ3) is 5.88. The molecule has 0 radical (unpaired) electrons. The first-order chi connectivity index (χ1) is 14.6. The van der Waals surface area contributed by atoms with Gasteiger partial charge in [0.2, 0.25) is 5.91 Å². The second kappa shape index (κ2) is 10.9. The number of carbonyl (C=O) groups excluding carboxylic acids is 1. The minimum Gasteiger partial charge on any atom is -0.493 e. The van der Waals surface area contributed by atoms with Crippen LogP contribution >= 0.6 is 11.6 Å². The molecule has 1 heterocycles. The number of rotatable bonds is 7. The van der Waals surface area contributed by atoms with E-state index in [1.54, 1.807) is 14.2 Å². The SMILES string of the molecule is COc1ccc(C(C=Cc2ccc(Cl)cc2)=CCC(=O)N2CCOCC2)cc1OC. The Morgan fingerprint density at radius 1 is 1.07 bits per heavy atom. The van der Waals surface area contributed by atoms with Crippen LogP contribution in [0.15, 0.2) is 54.6 Å². The molecule has 1 amide bonds. The van der Waals surface area contributed by atoms with Gasteiger partial charge in [-0.25, -0.2) is 0 Å². The van der Waals surface area contributed by atoms with Crippen molar-refractivity contribution in [2.45, 2.75) is 6.42 Å². The van der Waals surface area contributed by atoms with E-state index >= 15 is 0 Å². The predicted octanol–water partition coefficient (Wildman–Crippen LogP) is 4.70. The van der Waals surface area contributed by atoms with Gasteiger partial charge in [-0.15, -0.1) is 0 Å². The minimum absolute atomic E-state index is 0.0937. The first-order valence-electron chi connectivity index (χ1n) is 9.82. The van der Waals surface area contributed by atoms with Crippen LogP contribution in [0.1, 0.15) is 17.5 Å². The van der Waals surface area contributed by atoms with Crippen LogP contribution in [-0.4, -0.2) is 51.3 Å². The summed E-state index contributed by atoms with van der Waals surface area (Å²) in [6.45, 7) is 2.46. The Morgan fingerprint density at radius 2 is 1.77 bits per heavy atom. The summed E-state index contributed by atoms with van der Waals surface area (Å²) in [7, 11) is 3.21. The van der Waals surface area contributed by atoms with Crippen LogP contribution in [0, 0.1) is 0 Å². The Bertz CT molecular complexity index is 915. The molecule has 0 N–H and O–H groups in total. The maximum absolute atomic E-state index is 12.6. The molecule has 30 heavy (non-hydrogen) atoms. The fourth-order valence-electron chi connectivity index (χ4n) is 3.20. The van der Waals surface area contributed by atoms with E-state index in [1.807, 2.05) is 65.6 Å². The molecule has 6 heteroatoms. The van der Waals surface area contributed by atoms with Crippen molar-refractivity contribution in [3.05, 3.63) is 70.8 Å². The highest BCUT2D eigenvalue weighted by Gasteiger charge is 2.16. The van der Waals surface area contributed by atoms with Gasteiger partial charge in [-0.3, -0.25) is 4.79 Å². The molecular weight excluding hydrogens is 402 g/mol. The molecular formula is C24H26ClNO4. The Labute approximate surface area is 182 Å². The molecule has 1 fully saturated rings. The predicted molar refractivity (Wildman–Crippen MR) is 120 cm³/mol. The van der Waals surface area contributed by atoms with Crippen LogP contribution in [-0.2, 0) is 9.53 Å². The summed E-state index contributed by atoms with van der Waals surface area (Å²) in [6, 6.07) is 13.3. The molecule has 1 aliphatic heterocycles. The number of halogens is 1. The van der Waals surface area contributed by atoms with Crippen molar-refractivity contribution < 1.29 is 19.0 Å². The average Bonchev–Trinajstić information content (AvgIpc) is 2.80. The molecule has 0 spiro atoms. The fraction of sp³-hybridized carbons (Fsp3) is 0.292. The number of methoxy groups -OCH3 is 2. The van der Waals surface area contributed by atoms with Gasteiger partial charge in [0.05, 0.1) is 27.4 Å². The van der Waals surface area contributed by atoms with Gasteiger partial charge in [0, 0.05) is 24.5 Å². The lowest BCUT2D eigenvalue weighted by atomic mass is 10.0. The number of benzene rings is 2. The molecule has 0 unspecified atom stereocenters. The third-order valence-corrected chi connectivity index (χ3v) is 5.15. The average molecular weight is 428 g/mol. The zero-order valence-electron chi connectivity index (χ0n) is 17.3. The lowest BCUT2D eigenvalue weighted by Gasteiger charge is -2.26. The van der Waals surface area contributed by atoms with Gasteiger partial charge >= 0.3 is 0 Å². The van der Waals surface area contributed by atoms with Crippen LogP contribution in [0.3, 0.4) is 0 Å². The van der Waals surface area contributed by atoms with E-state index in [0.717, 1.165) is 16.7 Å². The highest BCUT2D eigenvalue weighted by atomic mass is 35.5. The summed E-state index contributed by atoms with van der Waals surface area (Å²) in [4.78, 5) is 14.5. The van der Waals surface area contributed by atoms with E-state index < -0.39 is 0 Å². The topological polar surface area (TPSA) is 48.0 Å². The lowest BCUT2D eigenvalue weighted by molar-refractivity contribution is -0.134. The van der Waals surface area contributed by atoms with Gasteiger partial charge in [-0.2, -0.15) is 0 Å². The molecule has 2 aromatic rings. The summed E-state index contributed by atoms with van der Waals surface area (Å²) >= 11 is 5.98. The normalized spacial score (nSPS) is 14.8. The number of allylic oxidation sites excluding steroid dienone is 2. The highest BCUT2D eigenvalue weighted by molar-refractivity contribution is 6.30. The summed E-state index contributed by atoms with van der Waals surface area (Å²) in [6.07, 6.45) is 6.26. The monoisotopic (exact) mass is 427 g/mol. The number of hydrogen-bond acceptors (Lipinski definition) is 4. The number of carbonyl (C=O) groups is 1. The van der Waals surface area contributed by atoms with Gasteiger partial charge in [-0.1, -0.05) is 48.0 Å². The highest BCUT2D eigenvalue weighted by Crippen LogP contribution is 2.31. The Morgan fingerprint density at radius 3 is 2.43 bits per heavy atom. The molecule has 1 aliphatic rings. The smallest absolute Gasteiger partial charge is 0.226 e. The van der Waals surface area contributed by atoms with Gasteiger partial charge in [0.1, 0.15) is 0 Å². The molecule has 3 rings (SSSR count). The molecule has 0 bridgehead atoms. The van der Waals surface area contributed by atoms with E-state index in [9.17, 15) is 4.79 Å². The standard InChI is InChI=1S/C24H26ClNO4/c1-28-22-11-7-20(17-23(22)29-2)19(6-3-18-4-9-21(25)10-5-18)8-12-24(27)26-13-15-30-16-14-26/h3-11,17H,12-16H2,1-2H3. The van der Waals surface area contributed by atoms with Gasteiger partial charge in [0.25, 0.3) is 0 Å². The van der Waals surface area contributed by atoms with Crippen molar-refractivity contribution in [1.82, 2.24) is 4.90 Å². The van der Waals surface area contributed by atoms with Crippen molar-refractivity contribution in [3.63, 3.8) is 0 Å². The molecule has 158 valence electrons. The van der Waals surface area contributed by atoms with Crippen LogP contribution in [0.25, 0.3) is 11.6 Å². The van der Waals surface area contributed by atoms with Crippen LogP contribution in [0.4, 0.5) is 0 Å². The van der Waals surface area contributed by atoms with E-state index in [2.05, 4.69) is 0 Å². The quantitative estimate of drug-likeness (QED) is 0.601. The van der Waals surface area contributed by atoms with Crippen LogP contribution in [0.2, 0.25) is 5.02 Å². The van der Waals surface area contributed by atoms with E-state index in [1.165, 1.54) is 0 Å². The summed E-state index contributed by atoms with van der Waals surface area (Å²) in [5.41, 5.74) is 2.88. The second-order valence-corrected chi connectivity index (χ2v) is 7.25. The Hall–Kier alpha value is -2.76. The Kier molecular flexibility index (Phi) is 7.94. The zero-order chi connectivity index (χ0) is 21.3. The lowest BCUT2D eigenvalue weighted by Crippen LogP contribution is -2.40. The molecule has 0 saturated carbocycles. The van der Waals surface area contributed by atoms with E-state index in [4.69, 9.17) is 25.8 Å². The third-order valence-electron chi connectivity index (χ3n) is 4.90. The number of ether oxygens (including phenoxy) is 3. The molecule has 0 aliphatic carbocycles. The van der Waals surface area contributed by atoms with Gasteiger partial charge < -0.3 is 19.1 Å². The fourth-order valence-corrected chi connectivity index (χ4v) is 3.32. The molecule has 0 atom stereocenters. The second-order valence-electron chi connectivity index (χ2n) is 6.81. The van der Waals surface area contributed by atoms with Crippen molar-refractivity contribution in [1.29, 1.82) is 0 Å². The molecule has 5 nitrogen and oxygen atoms in total. The van der Waals surface area contributed by atoms with Crippen LogP contribution < -0.4 is 9.47 Å². The number of nitrogens with zero attached hydrogens (tertiary/aromatic N) is 1. The van der Waals surface area contributed by atoms with E-state index in [0.29, 0.717) is 49.2 Å². The minimum atomic E-state index is 0.0937. The van der Waals surface area contributed by atoms with Crippen LogP contribution in [0.5, 0.6) is 11.5 Å². The van der Waals surface area contributed by atoms with Gasteiger partial charge in [0.15, 0.2) is 11.5 Å². The first kappa shape index (κ1) is 21.9. The van der Waals surface area contributed by atoms with Gasteiger partial charge in [-0.05, 0) is 41.0 Å². The summed E-state index contributed by atoms with van der Waals surface area (Å²) in [5, 5.41) is 0.693. The summed E-state index contributed by atoms with van der Waals surface area (Å²) < 4.78 is 16.1. The summed E-state index contributed by atoms with van der Waals surface area (Å²) in [5.74, 6) is 1.39. The van der Waals surface area contributed by atoms with Crippen molar-refractivity contribution in [2.75, 3.05) is 40.5 Å². The van der Waals surface area contributed by atoms with Crippen molar-refractivity contribution >= 4 is 29.2 Å². The van der Waals surface area contributed by atoms with Crippen molar-refractivity contribution in [3.8, 4) is 11.5 Å².